The summed E-state index contributed by atoms with van der Waals surface area (Å²) in [4.78, 5) is 12.9. The number of hydrogen-bond donors (Lipinski definition) is 1. The molecule has 22 heavy (non-hydrogen) atoms. The second-order valence-electron chi connectivity index (χ2n) is 6.63. The lowest BCUT2D eigenvalue weighted by atomic mass is 9.64. The van der Waals surface area contributed by atoms with E-state index in [1.165, 1.54) is 0 Å². The van der Waals surface area contributed by atoms with Crippen LogP contribution in [0.15, 0.2) is 54.6 Å². The molecule has 1 aliphatic carbocycles. The summed E-state index contributed by atoms with van der Waals surface area (Å²) >= 11 is 6.54. The number of Topliss-reactive ketones (excluding diaryl/α,β-unsaturated/α-hetero) is 1. The van der Waals surface area contributed by atoms with Gasteiger partial charge in [0.15, 0.2) is 5.78 Å². The number of benzene rings is 2. The lowest BCUT2D eigenvalue weighted by molar-refractivity contribution is 0.00907. The molecule has 0 aromatic heterocycles. The van der Waals surface area contributed by atoms with Crippen LogP contribution < -0.4 is 0 Å². The Morgan fingerprint density at radius 1 is 1.05 bits per heavy atom. The molecule has 0 bridgehead atoms. The van der Waals surface area contributed by atoms with Gasteiger partial charge < -0.3 is 5.11 Å². The zero-order valence-corrected chi connectivity index (χ0v) is 13.5. The van der Waals surface area contributed by atoms with Crippen molar-refractivity contribution >= 4 is 17.4 Å². The Hall–Kier alpha value is -1.64. The fraction of sp³-hybridized carbons (Fsp3) is 0.316. The van der Waals surface area contributed by atoms with Crippen molar-refractivity contribution in [3.8, 4) is 0 Å². The third kappa shape index (κ3) is 2.27. The second-order valence-corrected chi connectivity index (χ2v) is 7.07. The summed E-state index contributed by atoms with van der Waals surface area (Å²) in [7, 11) is 0. The molecular weight excluding hydrogens is 296 g/mol. The van der Waals surface area contributed by atoms with E-state index < -0.39 is 11.0 Å². The molecule has 0 amide bonds. The molecule has 1 aliphatic rings. The third-order valence-electron chi connectivity index (χ3n) is 4.52. The van der Waals surface area contributed by atoms with Crippen molar-refractivity contribution in [3.05, 3.63) is 71.3 Å². The van der Waals surface area contributed by atoms with E-state index in [4.69, 9.17) is 11.6 Å². The van der Waals surface area contributed by atoms with Gasteiger partial charge in [-0.25, -0.2) is 0 Å². The van der Waals surface area contributed by atoms with Crippen molar-refractivity contribution in [1.82, 2.24) is 0 Å². The molecule has 2 nitrogen and oxygen atoms in total. The summed E-state index contributed by atoms with van der Waals surface area (Å²) < 4.78 is 0. The van der Waals surface area contributed by atoms with Gasteiger partial charge in [-0.3, -0.25) is 4.79 Å². The van der Waals surface area contributed by atoms with Gasteiger partial charge in [0, 0.05) is 5.56 Å². The predicted molar refractivity (Wildman–Crippen MR) is 88.4 cm³/mol. The molecule has 0 unspecified atom stereocenters. The highest BCUT2D eigenvalue weighted by Crippen LogP contribution is 2.48. The number of ketones is 1. The second kappa shape index (κ2) is 5.22. The normalized spacial score (nSPS) is 24.6. The molecule has 0 fully saturated rings. The smallest absolute Gasteiger partial charge is 0.196 e. The van der Waals surface area contributed by atoms with Crippen LogP contribution in [0.3, 0.4) is 0 Å². The fourth-order valence-electron chi connectivity index (χ4n) is 3.46. The molecule has 0 saturated carbocycles. The van der Waals surface area contributed by atoms with Crippen LogP contribution in [-0.2, 0) is 5.41 Å². The summed E-state index contributed by atoms with van der Waals surface area (Å²) in [6.45, 7) is 4.08. The van der Waals surface area contributed by atoms with Crippen LogP contribution in [0.2, 0.25) is 0 Å². The van der Waals surface area contributed by atoms with Crippen molar-refractivity contribution in [3.63, 3.8) is 0 Å². The van der Waals surface area contributed by atoms with Gasteiger partial charge >= 0.3 is 0 Å². The first kappa shape index (κ1) is 15.3. The average Bonchev–Trinajstić information content (AvgIpc) is 2.52. The summed E-state index contributed by atoms with van der Waals surface area (Å²) in [6.07, 6.45) is 0.304. The van der Waals surface area contributed by atoms with E-state index in [1.54, 1.807) is 6.07 Å². The van der Waals surface area contributed by atoms with Crippen LogP contribution >= 0.6 is 11.6 Å². The number of carbonyl (C=O) groups excluding carboxylic acids is 1. The molecule has 0 radical (unpaired) electrons. The number of fused-ring (bicyclic) bond motifs is 1. The summed E-state index contributed by atoms with van der Waals surface area (Å²) in [5, 5.41) is 10.4. The number of aliphatic hydroxyl groups is 1. The van der Waals surface area contributed by atoms with Gasteiger partial charge in [-0.05, 0) is 23.0 Å². The first-order valence-electron chi connectivity index (χ1n) is 7.42. The Kier molecular flexibility index (Phi) is 3.62. The van der Waals surface area contributed by atoms with Gasteiger partial charge in [0.05, 0.1) is 5.38 Å². The maximum Gasteiger partial charge on any atom is 0.196 e. The summed E-state index contributed by atoms with van der Waals surface area (Å²) in [6, 6.07) is 16.8. The number of halogens is 1. The van der Waals surface area contributed by atoms with Crippen molar-refractivity contribution < 1.29 is 9.90 Å². The highest BCUT2D eigenvalue weighted by Gasteiger charge is 2.52. The molecule has 2 aromatic carbocycles. The Labute approximate surface area is 135 Å². The van der Waals surface area contributed by atoms with E-state index in [0.717, 1.165) is 11.1 Å². The quantitative estimate of drug-likeness (QED) is 0.841. The van der Waals surface area contributed by atoms with Crippen LogP contribution in [0.5, 0.6) is 0 Å². The maximum absolute atomic E-state index is 12.9. The highest BCUT2D eigenvalue weighted by atomic mass is 35.5. The van der Waals surface area contributed by atoms with Gasteiger partial charge in [-0.1, -0.05) is 68.4 Å². The van der Waals surface area contributed by atoms with Crippen molar-refractivity contribution in [2.75, 3.05) is 0 Å². The Morgan fingerprint density at radius 2 is 1.64 bits per heavy atom. The van der Waals surface area contributed by atoms with E-state index in [2.05, 4.69) is 0 Å². The molecule has 0 heterocycles. The van der Waals surface area contributed by atoms with Crippen LogP contribution in [0.25, 0.3) is 0 Å². The molecule has 2 atom stereocenters. The van der Waals surface area contributed by atoms with E-state index >= 15 is 0 Å². The monoisotopic (exact) mass is 314 g/mol. The van der Waals surface area contributed by atoms with Crippen molar-refractivity contribution in [2.24, 2.45) is 0 Å². The van der Waals surface area contributed by atoms with Crippen LogP contribution in [0.4, 0.5) is 0 Å². The summed E-state index contributed by atoms with van der Waals surface area (Å²) in [5.74, 6) is -0.286. The molecule has 3 heteroatoms. The molecule has 0 saturated heterocycles. The molecule has 2 aromatic rings. The van der Waals surface area contributed by atoms with Crippen molar-refractivity contribution in [2.45, 2.75) is 36.7 Å². The number of carbonyl (C=O) groups is 1. The molecule has 1 N–H and O–H groups in total. The third-order valence-corrected chi connectivity index (χ3v) is 5.13. The molecular formula is C19H19ClO2. The predicted octanol–water partition coefficient (Wildman–Crippen LogP) is 4.26. The molecule has 3 rings (SSSR count). The van der Waals surface area contributed by atoms with Gasteiger partial charge in [0.2, 0.25) is 0 Å². The highest BCUT2D eigenvalue weighted by molar-refractivity contribution is 6.25. The van der Waals surface area contributed by atoms with Crippen LogP contribution in [0.1, 0.15) is 47.1 Å². The summed E-state index contributed by atoms with van der Waals surface area (Å²) in [5.41, 5.74) is 0.390. The standard InChI is InChI=1S/C19H19ClO2/c1-18(2)12-19(22,16(20)13-8-4-3-5-9-13)17(21)14-10-6-7-11-15(14)18/h3-11,16,22H,12H2,1-2H3/t16-,19+/m0/s1. The van der Waals surface area contributed by atoms with Gasteiger partial charge in [-0.15, -0.1) is 11.6 Å². The SMILES string of the molecule is CC1(C)C[C@@](O)([C@@H](Cl)c2ccccc2)C(=O)c2ccccc21. The average molecular weight is 315 g/mol. The maximum atomic E-state index is 12.9. The Bertz CT molecular complexity index is 708. The topological polar surface area (TPSA) is 37.3 Å². The molecule has 0 spiro atoms. The van der Waals surface area contributed by atoms with Crippen LogP contribution in [-0.4, -0.2) is 16.5 Å². The fourth-order valence-corrected chi connectivity index (χ4v) is 3.78. The number of hydrogen-bond acceptors (Lipinski definition) is 2. The minimum absolute atomic E-state index is 0.286. The zero-order chi connectivity index (χ0) is 16.0. The minimum Gasteiger partial charge on any atom is -0.380 e. The number of alkyl halides is 1. The van der Waals surface area contributed by atoms with E-state index in [-0.39, 0.29) is 11.2 Å². The van der Waals surface area contributed by atoms with E-state index in [1.807, 2.05) is 62.4 Å². The minimum atomic E-state index is -1.60. The van der Waals surface area contributed by atoms with E-state index in [9.17, 15) is 9.90 Å². The van der Waals surface area contributed by atoms with Gasteiger partial charge in [-0.2, -0.15) is 0 Å². The first-order valence-corrected chi connectivity index (χ1v) is 7.85. The largest absolute Gasteiger partial charge is 0.380 e. The lowest BCUT2D eigenvalue weighted by Gasteiger charge is -2.43. The zero-order valence-electron chi connectivity index (χ0n) is 12.7. The van der Waals surface area contributed by atoms with Gasteiger partial charge in [0.1, 0.15) is 5.60 Å². The number of rotatable bonds is 2. The van der Waals surface area contributed by atoms with Crippen molar-refractivity contribution in [1.29, 1.82) is 0 Å². The van der Waals surface area contributed by atoms with Gasteiger partial charge in [0.25, 0.3) is 0 Å². The first-order chi connectivity index (χ1) is 10.4. The Morgan fingerprint density at radius 3 is 2.32 bits per heavy atom. The Balaban J connectivity index is 2.11. The molecule has 0 aliphatic heterocycles. The van der Waals surface area contributed by atoms with Crippen LogP contribution in [0, 0.1) is 0 Å². The lowest BCUT2D eigenvalue weighted by Crippen LogP contribution is -2.51. The molecule has 114 valence electrons. The van der Waals surface area contributed by atoms with E-state index in [0.29, 0.717) is 12.0 Å².